The number of hydrogen-bond donors (Lipinski definition) is 1. The van der Waals surface area contributed by atoms with Crippen LogP contribution in [0.4, 0.5) is 5.69 Å². The zero-order valence-corrected chi connectivity index (χ0v) is 21.8. The molecule has 0 spiro atoms. The van der Waals surface area contributed by atoms with E-state index in [2.05, 4.69) is 10.5 Å². The van der Waals surface area contributed by atoms with E-state index in [0.29, 0.717) is 29.4 Å². The third kappa shape index (κ3) is 7.61. The molecule has 0 saturated heterocycles. The van der Waals surface area contributed by atoms with Crippen LogP contribution >= 0.6 is 0 Å². The van der Waals surface area contributed by atoms with Crippen molar-refractivity contribution in [1.29, 1.82) is 0 Å². The highest BCUT2D eigenvalue weighted by Crippen LogP contribution is 2.33. The molecule has 3 aromatic rings. The maximum Gasteiger partial charge on any atom is 0.260 e. The molecule has 3 aromatic carbocycles. The van der Waals surface area contributed by atoms with Crippen LogP contribution in [0.3, 0.4) is 0 Å². The Hall–Kier alpha value is -4.25. The van der Waals surface area contributed by atoms with Crippen molar-refractivity contribution in [1.82, 2.24) is 5.43 Å². The number of methoxy groups -OCH3 is 3. The molecule has 0 unspecified atom stereocenters. The van der Waals surface area contributed by atoms with E-state index in [4.69, 9.17) is 18.9 Å². The molecule has 11 heteroatoms. The number of hydrazone groups is 1. The van der Waals surface area contributed by atoms with Crippen molar-refractivity contribution in [3.05, 3.63) is 77.9 Å². The smallest absolute Gasteiger partial charge is 0.260 e. The van der Waals surface area contributed by atoms with Gasteiger partial charge in [-0.3, -0.25) is 9.10 Å². The molecule has 1 amide bonds. The molecule has 0 atom stereocenters. The first-order chi connectivity index (χ1) is 17.7. The molecule has 0 radical (unpaired) electrons. The van der Waals surface area contributed by atoms with Gasteiger partial charge in [-0.15, -0.1) is 0 Å². The zero-order chi connectivity index (χ0) is 26.8. The summed E-state index contributed by atoms with van der Waals surface area (Å²) in [7, 11) is 0.595. The molecule has 0 aromatic heterocycles. The second kappa shape index (κ2) is 12.6. The van der Waals surface area contributed by atoms with Crippen LogP contribution in [-0.4, -0.2) is 54.7 Å². The molecule has 10 nitrogen and oxygen atoms in total. The molecule has 0 heterocycles. The van der Waals surface area contributed by atoms with Crippen LogP contribution in [0.5, 0.6) is 23.0 Å². The van der Waals surface area contributed by atoms with E-state index in [1.54, 1.807) is 24.3 Å². The number of nitrogens with one attached hydrogen (secondary N) is 1. The third-order valence-electron chi connectivity index (χ3n) is 5.17. The van der Waals surface area contributed by atoms with Crippen molar-refractivity contribution in [3.8, 4) is 23.0 Å². The number of hydrogen-bond acceptors (Lipinski definition) is 8. The molecular weight excluding hydrogens is 498 g/mol. The Morgan fingerprint density at radius 1 is 0.919 bits per heavy atom. The van der Waals surface area contributed by atoms with E-state index >= 15 is 0 Å². The lowest BCUT2D eigenvalue weighted by Gasteiger charge is -2.23. The second-order valence-electron chi connectivity index (χ2n) is 7.79. The molecule has 0 bridgehead atoms. The number of ether oxygens (including phenoxy) is 4. The maximum absolute atomic E-state index is 12.5. The average Bonchev–Trinajstić information content (AvgIpc) is 2.90. The minimum atomic E-state index is -3.81. The predicted molar refractivity (Wildman–Crippen MR) is 141 cm³/mol. The molecule has 0 aliphatic heterocycles. The van der Waals surface area contributed by atoms with Crippen LogP contribution in [0.2, 0.25) is 0 Å². The van der Waals surface area contributed by atoms with Crippen LogP contribution in [0.15, 0.2) is 71.8 Å². The molecule has 196 valence electrons. The van der Waals surface area contributed by atoms with Gasteiger partial charge in [0.25, 0.3) is 5.91 Å². The Bertz CT molecular complexity index is 1350. The monoisotopic (exact) mass is 527 g/mol. The van der Waals surface area contributed by atoms with Crippen molar-refractivity contribution in [3.63, 3.8) is 0 Å². The van der Waals surface area contributed by atoms with Gasteiger partial charge >= 0.3 is 0 Å². The van der Waals surface area contributed by atoms with Crippen molar-refractivity contribution < 1.29 is 32.2 Å². The number of anilines is 1. The van der Waals surface area contributed by atoms with E-state index < -0.39 is 22.5 Å². The Morgan fingerprint density at radius 3 is 2.30 bits per heavy atom. The van der Waals surface area contributed by atoms with Gasteiger partial charge in [0.15, 0.2) is 11.5 Å². The molecule has 0 aliphatic carbocycles. The quantitative estimate of drug-likeness (QED) is 0.284. The zero-order valence-electron chi connectivity index (χ0n) is 21.0. The highest BCUT2D eigenvalue weighted by molar-refractivity contribution is 7.92. The number of rotatable bonds is 12. The lowest BCUT2D eigenvalue weighted by Crippen LogP contribution is -2.39. The maximum atomic E-state index is 12.5. The Balaban J connectivity index is 1.67. The predicted octanol–water partition coefficient (Wildman–Crippen LogP) is 3.21. The van der Waals surface area contributed by atoms with E-state index in [1.807, 2.05) is 30.3 Å². The number of sulfonamides is 1. The van der Waals surface area contributed by atoms with Gasteiger partial charge in [0.1, 0.15) is 24.7 Å². The molecular formula is C26H29N3O7S. The summed E-state index contributed by atoms with van der Waals surface area (Å²) >= 11 is 0. The summed E-state index contributed by atoms with van der Waals surface area (Å²) in [4.78, 5) is 12.5. The van der Waals surface area contributed by atoms with E-state index in [0.717, 1.165) is 16.1 Å². The van der Waals surface area contributed by atoms with Crippen molar-refractivity contribution >= 4 is 27.8 Å². The van der Waals surface area contributed by atoms with E-state index in [1.165, 1.54) is 39.7 Å². The minimum Gasteiger partial charge on any atom is -0.497 e. The number of amides is 1. The first kappa shape index (κ1) is 27.3. The second-order valence-corrected chi connectivity index (χ2v) is 9.69. The van der Waals surface area contributed by atoms with Crippen molar-refractivity contribution in [2.24, 2.45) is 5.10 Å². The Kier molecular flexibility index (Phi) is 9.33. The molecule has 3 rings (SSSR count). The van der Waals surface area contributed by atoms with Gasteiger partial charge in [0.05, 0.1) is 39.5 Å². The number of carbonyl (C=O) groups is 1. The summed E-state index contributed by atoms with van der Waals surface area (Å²) in [5, 5.41) is 3.95. The van der Waals surface area contributed by atoms with Gasteiger partial charge in [-0.05, 0) is 41.5 Å². The first-order valence-electron chi connectivity index (χ1n) is 11.1. The first-order valence-corrected chi connectivity index (χ1v) is 13.0. The van der Waals surface area contributed by atoms with Crippen LogP contribution in [0.1, 0.15) is 11.1 Å². The van der Waals surface area contributed by atoms with E-state index in [-0.39, 0.29) is 11.4 Å². The number of nitrogens with zero attached hydrogens (tertiary/aromatic N) is 2. The lowest BCUT2D eigenvalue weighted by atomic mass is 10.2. The largest absolute Gasteiger partial charge is 0.497 e. The standard InChI is InChI=1S/C26H29N3O7S/c1-33-21-11-12-22(24(15-21)34-2)29(37(4,31)32)17-26(30)28-27-16-20-10-13-23(25(14-20)35-3)36-18-19-8-6-5-7-9-19/h5-16H,17-18H2,1-4H3,(H,28,30)/b27-16-. The summed E-state index contributed by atoms with van der Waals surface area (Å²) in [5.74, 6) is 1.14. The Morgan fingerprint density at radius 2 is 1.65 bits per heavy atom. The third-order valence-corrected chi connectivity index (χ3v) is 6.30. The van der Waals surface area contributed by atoms with Gasteiger partial charge in [-0.1, -0.05) is 30.3 Å². The van der Waals surface area contributed by atoms with Crippen molar-refractivity contribution in [2.75, 3.05) is 38.4 Å². The van der Waals surface area contributed by atoms with E-state index in [9.17, 15) is 13.2 Å². The van der Waals surface area contributed by atoms with Gasteiger partial charge in [-0.2, -0.15) is 5.10 Å². The number of benzene rings is 3. The van der Waals surface area contributed by atoms with Crippen LogP contribution in [0, 0.1) is 0 Å². The normalized spacial score (nSPS) is 11.1. The fourth-order valence-electron chi connectivity index (χ4n) is 3.34. The average molecular weight is 528 g/mol. The minimum absolute atomic E-state index is 0.195. The molecule has 0 aliphatic rings. The highest BCUT2D eigenvalue weighted by atomic mass is 32.2. The summed E-state index contributed by atoms with van der Waals surface area (Å²) < 4.78 is 47.5. The molecule has 0 fully saturated rings. The molecule has 0 saturated carbocycles. The van der Waals surface area contributed by atoms with Crippen LogP contribution in [0.25, 0.3) is 0 Å². The van der Waals surface area contributed by atoms with Crippen LogP contribution < -0.4 is 28.7 Å². The Labute approximate surface area is 216 Å². The fraction of sp³-hybridized carbons (Fsp3) is 0.231. The SMILES string of the molecule is COc1ccc(N(CC(=O)N/N=C\c2ccc(OCc3ccccc3)c(OC)c2)S(C)(=O)=O)c(OC)c1. The summed E-state index contributed by atoms with van der Waals surface area (Å²) in [6.45, 7) is -0.120. The number of carbonyl (C=O) groups excluding carboxylic acids is 1. The summed E-state index contributed by atoms with van der Waals surface area (Å²) in [6.07, 6.45) is 2.42. The summed E-state index contributed by atoms with van der Waals surface area (Å²) in [5.41, 5.74) is 4.21. The molecule has 37 heavy (non-hydrogen) atoms. The fourth-order valence-corrected chi connectivity index (χ4v) is 4.20. The summed E-state index contributed by atoms with van der Waals surface area (Å²) in [6, 6.07) is 19.6. The van der Waals surface area contributed by atoms with Crippen molar-refractivity contribution in [2.45, 2.75) is 6.61 Å². The van der Waals surface area contributed by atoms with Crippen LogP contribution in [-0.2, 0) is 21.4 Å². The molecule has 1 N–H and O–H groups in total. The highest BCUT2D eigenvalue weighted by Gasteiger charge is 2.24. The lowest BCUT2D eigenvalue weighted by molar-refractivity contribution is -0.119. The van der Waals surface area contributed by atoms with Gasteiger partial charge in [0.2, 0.25) is 10.0 Å². The van der Waals surface area contributed by atoms with Gasteiger partial charge < -0.3 is 18.9 Å². The topological polar surface area (TPSA) is 116 Å². The van der Waals surface area contributed by atoms with Gasteiger partial charge in [0, 0.05) is 6.07 Å². The van der Waals surface area contributed by atoms with Gasteiger partial charge in [-0.25, -0.2) is 13.8 Å².